The van der Waals surface area contributed by atoms with Crippen LogP contribution >= 0.6 is 0 Å². The van der Waals surface area contributed by atoms with Crippen molar-refractivity contribution in [3.63, 3.8) is 0 Å². The van der Waals surface area contributed by atoms with Gasteiger partial charge in [-0.3, -0.25) is 9.78 Å². The van der Waals surface area contributed by atoms with Gasteiger partial charge in [-0.2, -0.15) is 0 Å². The second kappa shape index (κ2) is 4.93. The molecule has 0 spiro atoms. The van der Waals surface area contributed by atoms with Gasteiger partial charge in [-0.25, -0.2) is 0 Å². The molecule has 1 atom stereocenters. The molecule has 2 aromatic heterocycles. The highest BCUT2D eigenvalue weighted by molar-refractivity contribution is 5.95. The average Bonchev–Trinajstić information content (AvgIpc) is 3.02. The Bertz CT molecular complexity index is 595. The van der Waals surface area contributed by atoms with Gasteiger partial charge < -0.3 is 9.73 Å². The fraction of sp³-hybridized carbons (Fsp3) is 0.500. The molecule has 0 bridgehead atoms. The van der Waals surface area contributed by atoms with Crippen LogP contribution in [0, 0.1) is 11.3 Å². The summed E-state index contributed by atoms with van der Waals surface area (Å²) in [5.41, 5.74) is 1.12. The van der Waals surface area contributed by atoms with Crippen LogP contribution in [0.4, 0.5) is 0 Å². The van der Waals surface area contributed by atoms with Crippen molar-refractivity contribution in [1.82, 2.24) is 10.3 Å². The van der Waals surface area contributed by atoms with Crippen LogP contribution < -0.4 is 5.32 Å². The van der Waals surface area contributed by atoms with Crippen LogP contribution in [0.2, 0.25) is 0 Å². The van der Waals surface area contributed by atoms with E-state index in [-0.39, 0.29) is 5.91 Å². The minimum absolute atomic E-state index is 0.130. The lowest BCUT2D eigenvalue weighted by Crippen LogP contribution is -2.26. The van der Waals surface area contributed by atoms with Crippen molar-refractivity contribution in [2.24, 2.45) is 11.3 Å². The average molecular weight is 272 g/mol. The van der Waals surface area contributed by atoms with Crippen LogP contribution in [0.5, 0.6) is 0 Å². The number of amides is 1. The number of nitrogens with zero attached hydrogens (tertiary/aromatic N) is 1. The van der Waals surface area contributed by atoms with E-state index >= 15 is 0 Å². The maximum absolute atomic E-state index is 12.1. The fourth-order valence-corrected chi connectivity index (χ4v) is 3.14. The van der Waals surface area contributed by atoms with Gasteiger partial charge >= 0.3 is 0 Å². The zero-order chi connectivity index (χ0) is 14.2. The Morgan fingerprint density at radius 3 is 2.95 bits per heavy atom. The lowest BCUT2D eigenvalue weighted by atomic mass is 9.97. The van der Waals surface area contributed by atoms with Crippen molar-refractivity contribution in [3.05, 3.63) is 30.3 Å². The van der Waals surface area contributed by atoms with E-state index in [0.29, 0.717) is 22.7 Å². The molecule has 1 amide bonds. The quantitative estimate of drug-likeness (QED) is 0.907. The third-order valence-corrected chi connectivity index (χ3v) is 4.82. The summed E-state index contributed by atoms with van der Waals surface area (Å²) in [5, 5.41) is 3.90. The molecule has 1 aliphatic carbocycles. The highest BCUT2D eigenvalue weighted by Gasteiger charge is 2.50. The highest BCUT2D eigenvalue weighted by atomic mass is 16.3. The Morgan fingerprint density at radius 2 is 2.30 bits per heavy atom. The van der Waals surface area contributed by atoms with E-state index < -0.39 is 0 Å². The predicted octanol–water partition coefficient (Wildman–Crippen LogP) is 3.38. The van der Waals surface area contributed by atoms with E-state index in [9.17, 15) is 4.79 Å². The molecule has 4 nitrogen and oxygen atoms in total. The topological polar surface area (TPSA) is 55.1 Å². The molecule has 1 unspecified atom stereocenters. The van der Waals surface area contributed by atoms with Crippen molar-refractivity contribution >= 4 is 16.9 Å². The zero-order valence-corrected chi connectivity index (χ0v) is 12.0. The molecule has 1 N–H and O–H groups in total. The molecule has 2 heterocycles. The third kappa shape index (κ3) is 2.19. The molecule has 20 heavy (non-hydrogen) atoms. The Morgan fingerprint density at radius 1 is 1.50 bits per heavy atom. The van der Waals surface area contributed by atoms with Crippen LogP contribution in [0.15, 0.2) is 28.9 Å². The van der Waals surface area contributed by atoms with E-state index in [1.807, 2.05) is 6.07 Å². The number of hydrogen-bond donors (Lipinski definition) is 1. The van der Waals surface area contributed by atoms with Gasteiger partial charge in [0.15, 0.2) is 11.3 Å². The van der Waals surface area contributed by atoms with Crippen molar-refractivity contribution in [3.8, 4) is 0 Å². The van der Waals surface area contributed by atoms with Crippen LogP contribution in [0.3, 0.4) is 0 Å². The predicted molar refractivity (Wildman–Crippen MR) is 77.5 cm³/mol. The molecule has 0 aliphatic heterocycles. The van der Waals surface area contributed by atoms with E-state index in [4.69, 9.17) is 4.42 Å². The van der Waals surface area contributed by atoms with Gasteiger partial charge in [-0.1, -0.05) is 26.7 Å². The van der Waals surface area contributed by atoms with Crippen molar-refractivity contribution in [1.29, 1.82) is 0 Å². The number of rotatable bonds is 5. The first kappa shape index (κ1) is 13.2. The lowest BCUT2D eigenvalue weighted by molar-refractivity contribution is 0.0924. The normalized spacial score (nSPS) is 20.0. The summed E-state index contributed by atoms with van der Waals surface area (Å²) in [6.45, 7) is 5.21. The first-order chi connectivity index (χ1) is 9.68. The number of carbonyl (C=O) groups is 1. The number of aromatic nitrogens is 1. The summed E-state index contributed by atoms with van der Waals surface area (Å²) in [6, 6.07) is 3.61. The Balaban J connectivity index is 1.63. The zero-order valence-electron chi connectivity index (χ0n) is 12.0. The van der Waals surface area contributed by atoms with E-state index in [2.05, 4.69) is 24.1 Å². The number of fused-ring (bicyclic) bond motifs is 1. The minimum Gasteiger partial charge on any atom is -0.449 e. The molecular formula is C16H20N2O2. The largest absolute Gasteiger partial charge is 0.449 e. The van der Waals surface area contributed by atoms with Gasteiger partial charge in [-0.05, 0) is 29.9 Å². The smallest absolute Gasteiger partial charge is 0.287 e. The first-order valence-corrected chi connectivity index (χ1v) is 7.30. The van der Waals surface area contributed by atoms with E-state index in [1.54, 1.807) is 18.5 Å². The van der Waals surface area contributed by atoms with E-state index in [0.717, 1.165) is 11.9 Å². The number of furan rings is 1. The van der Waals surface area contributed by atoms with E-state index in [1.165, 1.54) is 19.3 Å². The molecule has 0 aromatic carbocycles. The molecule has 3 rings (SSSR count). The van der Waals surface area contributed by atoms with Gasteiger partial charge in [0.25, 0.3) is 5.91 Å². The molecule has 1 saturated carbocycles. The number of pyridine rings is 1. The fourth-order valence-electron chi connectivity index (χ4n) is 3.14. The van der Waals surface area contributed by atoms with Crippen LogP contribution in [-0.2, 0) is 0 Å². The monoisotopic (exact) mass is 272 g/mol. The molecule has 2 aromatic rings. The molecule has 4 heteroatoms. The van der Waals surface area contributed by atoms with Gasteiger partial charge in [0, 0.05) is 18.1 Å². The maximum Gasteiger partial charge on any atom is 0.287 e. The summed E-state index contributed by atoms with van der Waals surface area (Å²) in [5.74, 6) is 0.856. The summed E-state index contributed by atoms with van der Waals surface area (Å²) < 4.78 is 5.51. The number of nitrogens with one attached hydrogen (secondary N) is 1. The lowest BCUT2D eigenvalue weighted by Gasteiger charge is -2.11. The SMILES string of the molecule is CCC1(CC)CC1CNC(=O)c1cc2ccncc2o1. The Kier molecular flexibility index (Phi) is 3.24. The molecule has 1 aliphatic rings. The number of carbonyl (C=O) groups excluding carboxylic acids is 1. The van der Waals surface area contributed by atoms with Crippen LogP contribution in [-0.4, -0.2) is 17.4 Å². The van der Waals surface area contributed by atoms with Crippen molar-refractivity contribution in [2.75, 3.05) is 6.54 Å². The third-order valence-electron chi connectivity index (χ3n) is 4.82. The minimum atomic E-state index is -0.130. The Labute approximate surface area is 118 Å². The Hall–Kier alpha value is -1.84. The summed E-state index contributed by atoms with van der Waals surface area (Å²) in [6.07, 6.45) is 6.94. The molecular weight excluding hydrogens is 252 g/mol. The second-order valence-electron chi connectivity index (χ2n) is 5.70. The van der Waals surface area contributed by atoms with Gasteiger partial charge in [0.1, 0.15) is 0 Å². The summed E-state index contributed by atoms with van der Waals surface area (Å²) >= 11 is 0. The first-order valence-electron chi connectivity index (χ1n) is 7.30. The molecule has 0 radical (unpaired) electrons. The molecule has 106 valence electrons. The second-order valence-corrected chi connectivity index (χ2v) is 5.70. The van der Waals surface area contributed by atoms with Crippen molar-refractivity contribution < 1.29 is 9.21 Å². The van der Waals surface area contributed by atoms with Crippen LogP contribution in [0.25, 0.3) is 11.0 Å². The summed E-state index contributed by atoms with van der Waals surface area (Å²) in [7, 11) is 0. The van der Waals surface area contributed by atoms with Gasteiger partial charge in [0.05, 0.1) is 6.20 Å². The molecule has 0 saturated heterocycles. The summed E-state index contributed by atoms with van der Waals surface area (Å²) in [4.78, 5) is 16.1. The highest BCUT2D eigenvalue weighted by Crippen LogP contribution is 2.57. The van der Waals surface area contributed by atoms with Crippen LogP contribution in [0.1, 0.15) is 43.7 Å². The number of hydrogen-bond acceptors (Lipinski definition) is 3. The maximum atomic E-state index is 12.1. The van der Waals surface area contributed by atoms with Crippen molar-refractivity contribution in [2.45, 2.75) is 33.1 Å². The van der Waals surface area contributed by atoms with Gasteiger partial charge in [0.2, 0.25) is 0 Å². The van der Waals surface area contributed by atoms with Gasteiger partial charge in [-0.15, -0.1) is 0 Å². The standard InChI is InChI=1S/C16H20N2O2/c1-3-16(4-2)8-12(16)9-18-15(19)13-7-11-5-6-17-10-14(11)20-13/h5-7,10,12H,3-4,8-9H2,1-2H3,(H,18,19). The molecule has 1 fully saturated rings.